The number of hydrogen-bond donors (Lipinski definition) is 2. The molecule has 2 heterocycles. The molecule has 7 heteroatoms. The molecule has 0 radical (unpaired) electrons. The van der Waals surface area contributed by atoms with Crippen molar-refractivity contribution in [2.75, 3.05) is 24.5 Å². The first-order chi connectivity index (χ1) is 14.5. The highest BCUT2D eigenvalue weighted by atomic mass is 16.5. The van der Waals surface area contributed by atoms with Crippen LogP contribution in [0.2, 0.25) is 0 Å². The molecule has 0 saturated carbocycles. The van der Waals surface area contributed by atoms with Crippen molar-refractivity contribution < 1.29 is 14.3 Å². The summed E-state index contributed by atoms with van der Waals surface area (Å²) in [4.78, 5) is 31.0. The van der Waals surface area contributed by atoms with Crippen LogP contribution in [0.4, 0.5) is 10.5 Å². The molecule has 160 valence electrons. The summed E-state index contributed by atoms with van der Waals surface area (Å²) in [6.45, 7) is 8.80. The summed E-state index contributed by atoms with van der Waals surface area (Å²) < 4.78 is 5.66. The van der Waals surface area contributed by atoms with Gasteiger partial charge < -0.3 is 20.3 Å². The molecule has 0 fully saturated rings. The number of aromatic nitrogens is 1. The lowest BCUT2D eigenvalue weighted by Gasteiger charge is -2.31. The van der Waals surface area contributed by atoms with Crippen LogP contribution >= 0.6 is 0 Å². The molecule has 1 aliphatic rings. The zero-order valence-electron chi connectivity index (χ0n) is 17.9. The van der Waals surface area contributed by atoms with E-state index in [0.717, 1.165) is 30.0 Å². The SMILES string of the molecule is CCN(CC)c1ccc2c(c1)OC(=O)C(CCNC(=O)NCc1ccccn1)C2C. The van der Waals surface area contributed by atoms with E-state index in [1.54, 1.807) is 6.20 Å². The van der Waals surface area contributed by atoms with Crippen LogP contribution in [0.3, 0.4) is 0 Å². The quantitative estimate of drug-likeness (QED) is 0.514. The topological polar surface area (TPSA) is 83.6 Å². The van der Waals surface area contributed by atoms with Crippen molar-refractivity contribution in [2.24, 2.45) is 5.92 Å². The van der Waals surface area contributed by atoms with Gasteiger partial charge in [-0.05, 0) is 49.9 Å². The van der Waals surface area contributed by atoms with Crippen LogP contribution in [0.25, 0.3) is 0 Å². The number of esters is 1. The first-order valence-electron chi connectivity index (χ1n) is 10.6. The molecule has 2 N–H and O–H groups in total. The van der Waals surface area contributed by atoms with Gasteiger partial charge in [0.1, 0.15) is 5.75 Å². The Hall–Kier alpha value is -3.09. The molecule has 2 atom stereocenters. The lowest BCUT2D eigenvalue weighted by Crippen LogP contribution is -2.38. The fourth-order valence-electron chi connectivity index (χ4n) is 3.82. The Balaban J connectivity index is 1.54. The van der Waals surface area contributed by atoms with Crippen LogP contribution in [-0.4, -0.2) is 36.6 Å². The van der Waals surface area contributed by atoms with Crippen molar-refractivity contribution in [1.82, 2.24) is 15.6 Å². The summed E-state index contributed by atoms with van der Waals surface area (Å²) in [7, 11) is 0. The fraction of sp³-hybridized carbons (Fsp3) is 0.435. The molecule has 1 aromatic heterocycles. The van der Waals surface area contributed by atoms with Gasteiger partial charge in [-0.25, -0.2) is 4.79 Å². The second kappa shape index (κ2) is 10.1. The predicted molar refractivity (Wildman–Crippen MR) is 117 cm³/mol. The number of ether oxygens (including phenoxy) is 1. The molecule has 2 unspecified atom stereocenters. The summed E-state index contributed by atoms with van der Waals surface area (Å²) in [5.74, 6) is 0.162. The number of pyridine rings is 1. The number of hydrogen-bond acceptors (Lipinski definition) is 5. The first-order valence-corrected chi connectivity index (χ1v) is 10.6. The highest BCUT2D eigenvalue weighted by molar-refractivity contribution is 5.80. The maximum Gasteiger partial charge on any atom is 0.315 e. The van der Waals surface area contributed by atoms with Crippen molar-refractivity contribution in [3.05, 3.63) is 53.9 Å². The third-order valence-corrected chi connectivity index (χ3v) is 5.63. The summed E-state index contributed by atoms with van der Waals surface area (Å²) >= 11 is 0. The van der Waals surface area contributed by atoms with E-state index in [1.807, 2.05) is 31.2 Å². The summed E-state index contributed by atoms with van der Waals surface area (Å²) in [5, 5.41) is 5.58. The Morgan fingerprint density at radius 1 is 1.17 bits per heavy atom. The number of urea groups is 1. The van der Waals surface area contributed by atoms with E-state index in [1.165, 1.54) is 0 Å². The Bertz CT molecular complexity index is 868. The zero-order valence-corrected chi connectivity index (χ0v) is 17.9. The summed E-state index contributed by atoms with van der Waals surface area (Å²) in [5.41, 5.74) is 2.89. The van der Waals surface area contributed by atoms with Crippen LogP contribution in [0.1, 0.15) is 44.4 Å². The second-order valence-electron chi connectivity index (χ2n) is 7.43. The summed E-state index contributed by atoms with van der Waals surface area (Å²) in [6, 6.07) is 11.4. The third-order valence-electron chi connectivity index (χ3n) is 5.63. The Morgan fingerprint density at radius 3 is 2.67 bits per heavy atom. The van der Waals surface area contributed by atoms with E-state index in [4.69, 9.17) is 4.74 Å². The number of amides is 2. The van der Waals surface area contributed by atoms with Gasteiger partial charge in [0, 0.05) is 37.6 Å². The van der Waals surface area contributed by atoms with Crippen LogP contribution in [-0.2, 0) is 11.3 Å². The van der Waals surface area contributed by atoms with Gasteiger partial charge in [-0.3, -0.25) is 9.78 Å². The molecule has 1 aromatic carbocycles. The smallest absolute Gasteiger partial charge is 0.315 e. The van der Waals surface area contributed by atoms with Crippen LogP contribution in [0.5, 0.6) is 5.75 Å². The Morgan fingerprint density at radius 2 is 1.97 bits per heavy atom. The number of carbonyl (C=O) groups is 2. The lowest BCUT2D eigenvalue weighted by atomic mass is 9.83. The molecule has 2 aromatic rings. The maximum atomic E-state index is 12.6. The number of nitrogens with zero attached hydrogens (tertiary/aromatic N) is 2. The highest BCUT2D eigenvalue weighted by Gasteiger charge is 2.35. The molecule has 0 bridgehead atoms. The number of fused-ring (bicyclic) bond motifs is 1. The molecule has 7 nitrogen and oxygen atoms in total. The minimum atomic E-state index is -0.284. The number of nitrogens with one attached hydrogen (secondary N) is 2. The molecule has 1 aliphatic heterocycles. The van der Waals surface area contributed by atoms with Gasteiger partial charge in [0.05, 0.1) is 18.2 Å². The molecular formula is C23H30N4O3. The molecule has 0 spiro atoms. The van der Waals surface area contributed by atoms with Crippen molar-refractivity contribution in [1.29, 1.82) is 0 Å². The second-order valence-corrected chi connectivity index (χ2v) is 7.43. The predicted octanol–water partition coefficient (Wildman–Crippen LogP) is 3.46. The number of rotatable bonds is 8. The van der Waals surface area contributed by atoms with E-state index in [-0.39, 0.29) is 23.8 Å². The van der Waals surface area contributed by atoms with Crippen molar-refractivity contribution >= 4 is 17.7 Å². The van der Waals surface area contributed by atoms with E-state index in [2.05, 4.69) is 46.5 Å². The molecule has 0 aliphatic carbocycles. The average Bonchev–Trinajstić information content (AvgIpc) is 2.76. The average molecular weight is 411 g/mol. The van der Waals surface area contributed by atoms with Crippen molar-refractivity contribution in [3.63, 3.8) is 0 Å². The lowest BCUT2D eigenvalue weighted by molar-refractivity contribution is -0.141. The fourth-order valence-corrected chi connectivity index (χ4v) is 3.82. The highest BCUT2D eigenvalue weighted by Crippen LogP contribution is 2.40. The van der Waals surface area contributed by atoms with Crippen molar-refractivity contribution in [2.45, 2.75) is 39.7 Å². The van der Waals surface area contributed by atoms with Gasteiger partial charge in [0.25, 0.3) is 0 Å². The number of carbonyl (C=O) groups excluding carboxylic acids is 2. The van der Waals surface area contributed by atoms with E-state index < -0.39 is 0 Å². The number of anilines is 1. The monoisotopic (exact) mass is 410 g/mol. The normalized spacial score (nSPS) is 17.6. The minimum absolute atomic E-state index is 0.0328. The van der Waals surface area contributed by atoms with Gasteiger partial charge in [-0.2, -0.15) is 0 Å². The maximum absolute atomic E-state index is 12.6. The van der Waals surface area contributed by atoms with E-state index in [9.17, 15) is 9.59 Å². The minimum Gasteiger partial charge on any atom is -0.426 e. The molecule has 3 rings (SSSR count). The zero-order chi connectivity index (χ0) is 21.5. The summed E-state index contributed by atoms with van der Waals surface area (Å²) in [6.07, 6.45) is 2.21. The Labute approximate surface area is 177 Å². The van der Waals surface area contributed by atoms with Gasteiger partial charge in [0.15, 0.2) is 0 Å². The van der Waals surface area contributed by atoms with Crippen LogP contribution in [0, 0.1) is 5.92 Å². The largest absolute Gasteiger partial charge is 0.426 e. The molecule has 2 amide bonds. The standard InChI is InChI=1S/C23H30N4O3/c1-4-27(5-2)18-9-10-19-16(3)20(22(28)30-21(19)14-18)11-13-25-23(29)26-15-17-8-6-7-12-24-17/h6-10,12,14,16,20H,4-5,11,13,15H2,1-3H3,(H2,25,26,29). The third kappa shape index (κ3) is 5.09. The first kappa shape index (κ1) is 21.6. The molecule has 0 saturated heterocycles. The van der Waals surface area contributed by atoms with Gasteiger partial charge in [-0.15, -0.1) is 0 Å². The van der Waals surface area contributed by atoms with Crippen LogP contribution in [0.15, 0.2) is 42.6 Å². The van der Waals surface area contributed by atoms with E-state index in [0.29, 0.717) is 25.3 Å². The number of benzene rings is 1. The molecular weight excluding hydrogens is 380 g/mol. The van der Waals surface area contributed by atoms with Crippen molar-refractivity contribution in [3.8, 4) is 5.75 Å². The Kier molecular flexibility index (Phi) is 7.27. The van der Waals surface area contributed by atoms with Crippen LogP contribution < -0.4 is 20.3 Å². The van der Waals surface area contributed by atoms with E-state index >= 15 is 0 Å². The van der Waals surface area contributed by atoms with Gasteiger partial charge in [0.2, 0.25) is 0 Å². The van der Waals surface area contributed by atoms with Gasteiger partial charge >= 0.3 is 12.0 Å². The molecule has 30 heavy (non-hydrogen) atoms. The van der Waals surface area contributed by atoms with Gasteiger partial charge in [-0.1, -0.05) is 19.1 Å².